The summed E-state index contributed by atoms with van der Waals surface area (Å²) in [7, 11) is 5.49. The smallest absolute Gasteiger partial charge is 0.295 e. The van der Waals surface area contributed by atoms with Crippen LogP contribution in [0.4, 0.5) is 0 Å². The Hall–Kier alpha value is -3.32. The molecular formula is C28H36N2O5. The van der Waals surface area contributed by atoms with Crippen molar-refractivity contribution in [3.05, 3.63) is 65.2 Å². The number of likely N-dealkylation sites (tertiary alicyclic amines) is 1. The lowest BCUT2D eigenvalue weighted by atomic mass is 9.95. The molecule has 7 nitrogen and oxygen atoms in total. The number of carbonyl (C=O) groups excluding carboxylic acids is 2. The molecule has 1 amide bonds. The molecule has 1 N–H and O–H groups in total. The first-order chi connectivity index (χ1) is 16.9. The molecule has 2 aromatic rings. The van der Waals surface area contributed by atoms with E-state index in [2.05, 4.69) is 6.92 Å². The number of carbonyl (C=O) groups is 2. The lowest BCUT2D eigenvalue weighted by Gasteiger charge is -2.26. The van der Waals surface area contributed by atoms with Crippen LogP contribution in [0.3, 0.4) is 0 Å². The van der Waals surface area contributed by atoms with E-state index >= 15 is 0 Å². The molecule has 0 saturated carbocycles. The van der Waals surface area contributed by atoms with Gasteiger partial charge in [0.1, 0.15) is 17.3 Å². The number of amides is 1. The van der Waals surface area contributed by atoms with Crippen molar-refractivity contribution < 1.29 is 24.2 Å². The molecule has 0 aromatic heterocycles. The quantitative estimate of drug-likeness (QED) is 0.206. The van der Waals surface area contributed by atoms with Crippen LogP contribution >= 0.6 is 0 Å². The van der Waals surface area contributed by atoms with E-state index in [0.717, 1.165) is 31.4 Å². The number of nitrogens with zero attached hydrogens (tertiary/aromatic N) is 2. The second-order valence-electron chi connectivity index (χ2n) is 9.01. The largest absolute Gasteiger partial charge is 0.507 e. The molecular weight excluding hydrogens is 444 g/mol. The van der Waals surface area contributed by atoms with Gasteiger partial charge in [0, 0.05) is 12.1 Å². The molecule has 1 saturated heterocycles. The number of Topliss-reactive ketones (excluding diaryl/α,β-unsaturated/α-hetero) is 1. The number of unbranched alkanes of at least 4 members (excludes halogenated alkanes) is 2. The Labute approximate surface area is 207 Å². The number of rotatable bonds is 12. The maximum Gasteiger partial charge on any atom is 0.295 e. The molecule has 0 aliphatic carbocycles. The average Bonchev–Trinajstić information content (AvgIpc) is 3.11. The standard InChI is InChI=1S/C28H36N2O5/c1-5-6-7-18-35-23-11-8-10-21(19-23)25-24(26(31)20-12-14-22(34-4)15-13-20)27(32)28(33)30(25)17-9-16-29(2)3/h8,10-15,19,25,31H,5-7,9,16-18H2,1-4H3/b26-24+. The summed E-state index contributed by atoms with van der Waals surface area (Å²) >= 11 is 0. The highest BCUT2D eigenvalue weighted by molar-refractivity contribution is 6.46. The third-order valence-electron chi connectivity index (χ3n) is 6.10. The Morgan fingerprint density at radius 3 is 2.43 bits per heavy atom. The van der Waals surface area contributed by atoms with Gasteiger partial charge in [-0.2, -0.15) is 0 Å². The molecule has 7 heteroatoms. The first-order valence-electron chi connectivity index (χ1n) is 12.2. The first-order valence-corrected chi connectivity index (χ1v) is 12.2. The summed E-state index contributed by atoms with van der Waals surface area (Å²) in [5.74, 6) is -0.155. The van der Waals surface area contributed by atoms with Gasteiger partial charge in [0.05, 0.1) is 25.3 Å². The van der Waals surface area contributed by atoms with Crippen LogP contribution in [-0.4, -0.2) is 67.5 Å². The summed E-state index contributed by atoms with van der Waals surface area (Å²) in [6.45, 7) is 3.91. The van der Waals surface area contributed by atoms with Crippen LogP contribution < -0.4 is 9.47 Å². The number of hydrogen-bond acceptors (Lipinski definition) is 6. The number of methoxy groups -OCH3 is 1. The fraction of sp³-hybridized carbons (Fsp3) is 0.429. The number of aliphatic hydroxyl groups excluding tert-OH is 1. The molecule has 188 valence electrons. The molecule has 0 radical (unpaired) electrons. The monoisotopic (exact) mass is 480 g/mol. The fourth-order valence-electron chi connectivity index (χ4n) is 4.24. The van der Waals surface area contributed by atoms with Gasteiger partial charge in [-0.15, -0.1) is 0 Å². The molecule has 1 aliphatic rings. The second-order valence-corrected chi connectivity index (χ2v) is 9.01. The van der Waals surface area contributed by atoms with Gasteiger partial charge in [-0.1, -0.05) is 31.9 Å². The van der Waals surface area contributed by atoms with Crippen molar-refractivity contribution in [3.63, 3.8) is 0 Å². The molecule has 1 unspecified atom stereocenters. The van der Waals surface area contributed by atoms with E-state index in [1.54, 1.807) is 36.3 Å². The highest BCUT2D eigenvalue weighted by atomic mass is 16.5. The van der Waals surface area contributed by atoms with Crippen LogP contribution in [0.1, 0.15) is 49.8 Å². The van der Waals surface area contributed by atoms with Crippen LogP contribution in [-0.2, 0) is 9.59 Å². The van der Waals surface area contributed by atoms with Gasteiger partial charge >= 0.3 is 0 Å². The minimum Gasteiger partial charge on any atom is -0.507 e. The number of aliphatic hydroxyl groups is 1. The SMILES string of the molecule is CCCCCOc1cccc(C2/C(=C(\O)c3ccc(OC)cc3)C(=O)C(=O)N2CCCN(C)C)c1. The van der Waals surface area contributed by atoms with Crippen molar-refractivity contribution in [2.45, 2.75) is 38.6 Å². The molecule has 1 atom stereocenters. The van der Waals surface area contributed by atoms with E-state index in [1.807, 2.05) is 43.3 Å². The van der Waals surface area contributed by atoms with Crippen molar-refractivity contribution in [2.75, 3.05) is 40.9 Å². The molecule has 3 rings (SSSR count). The van der Waals surface area contributed by atoms with Gasteiger partial charge in [0.15, 0.2) is 0 Å². The van der Waals surface area contributed by atoms with Crippen molar-refractivity contribution >= 4 is 17.4 Å². The average molecular weight is 481 g/mol. The molecule has 1 aliphatic heterocycles. The Kier molecular flexibility index (Phi) is 9.32. The highest BCUT2D eigenvalue weighted by Gasteiger charge is 2.45. The number of benzene rings is 2. The van der Waals surface area contributed by atoms with Crippen LogP contribution in [0.15, 0.2) is 54.1 Å². The minimum absolute atomic E-state index is 0.0909. The maximum atomic E-state index is 13.2. The van der Waals surface area contributed by atoms with Crippen molar-refractivity contribution in [1.82, 2.24) is 9.80 Å². The lowest BCUT2D eigenvalue weighted by Crippen LogP contribution is -2.32. The van der Waals surface area contributed by atoms with Gasteiger partial charge in [0.25, 0.3) is 11.7 Å². The molecule has 1 heterocycles. The zero-order chi connectivity index (χ0) is 25.4. The zero-order valence-electron chi connectivity index (χ0n) is 21.1. The van der Waals surface area contributed by atoms with Crippen molar-refractivity contribution in [2.24, 2.45) is 0 Å². The highest BCUT2D eigenvalue weighted by Crippen LogP contribution is 2.40. The summed E-state index contributed by atoms with van der Waals surface area (Å²) in [5.41, 5.74) is 1.28. The van der Waals surface area contributed by atoms with Crippen molar-refractivity contribution in [1.29, 1.82) is 0 Å². The molecule has 0 spiro atoms. The Morgan fingerprint density at radius 2 is 1.77 bits per heavy atom. The molecule has 35 heavy (non-hydrogen) atoms. The van der Waals surface area contributed by atoms with E-state index in [-0.39, 0.29) is 11.3 Å². The lowest BCUT2D eigenvalue weighted by molar-refractivity contribution is -0.139. The predicted molar refractivity (Wildman–Crippen MR) is 137 cm³/mol. The Balaban J connectivity index is 2.01. The number of ether oxygens (including phenoxy) is 2. The normalized spacial score (nSPS) is 17.3. The summed E-state index contributed by atoms with van der Waals surface area (Å²) in [4.78, 5) is 29.9. The van der Waals surface area contributed by atoms with E-state index in [9.17, 15) is 14.7 Å². The topological polar surface area (TPSA) is 79.3 Å². The summed E-state index contributed by atoms with van der Waals surface area (Å²) in [6.07, 6.45) is 3.86. The van der Waals surface area contributed by atoms with Gasteiger partial charge in [-0.05, 0) is 75.4 Å². The van der Waals surface area contributed by atoms with Crippen LogP contribution in [0.25, 0.3) is 5.76 Å². The number of hydrogen-bond donors (Lipinski definition) is 1. The maximum absolute atomic E-state index is 13.2. The van der Waals surface area contributed by atoms with Gasteiger partial charge < -0.3 is 24.4 Å². The van der Waals surface area contributed by atoms with E-state index < -0.39 is 17.7 Å². The second kappa shape index (κ2) is 12.4. The van der Waals surface area contributed by atoms with Gasteiger partial charge in [0.2, 0.25) is 0 Å². The molecule has 2 aromatic carbocycles. The third kappa shape index (κ3) is 6.42. The van der Waals surface area contributed by atoms with E-state index in [0.29, 0.717) is 36.6 Å². The molecule has 1 fully saturated rings. The Bertz CT molecular complexity index is 1050. The van der Waals surface area contributed by atoms with Crippen LogP contribution in [0.5, 0.6) is 11.5 Å². The van der Waals surface area contributed by atoms with Crippen molar-refractivity contribution in [3.8, 4) is 11.5 Å². The molecule has 0 bridgehead atoms. The van der Waals surface area contributed by atoms with Crippen LogP contribution in [0, 0.1) is 0 Å². The summed E-state index contributed by atoms with van der Waals surface area (Å²) in [5, 5.41) is 11.2. The number of ketones is 1. The zero-order valence-corrected chi connectivity index (χ0v) is 21.1. The van der Waals surface area contributed by atoms with E-state index in [1.165, 1.54) is 0 Å². The minimum atomic E-state index is -0.696. The van der Waals surface area contributed by atoms with Gasteiger partial charge in [-0.3, -0.25) is 9.59 Å². The first kappa shape index (κ1) is 26.3. The fourth-order valence-corrected chi connectivity index (χ4v) is 4.24. The van der Waals surface area contributed by atoms with Crippen LogP contribution in [0.2, 0.25) is 0 Å². The predicted octanol–water partition coefficient (Wildman–Crippen LogP) is 4.64. The van der Waals surface area contributed by atoms with E-state index in [4.69, 9.17) is 9.47 Å². The summed E-state index contributed by atoms with van der Waals surface area (Å²) < 4.78 is 11.1. The Morgan fingerprint density at radius 1 is 1.03 bits per heavy atom. The third-order valence-corrected chi connectivity index (χ3v) is 6.10. The van der Waals surface area contributed by atoms with Gasteiger partial charge in [-0.25, -0.2) is 0 Å². The summed E-state index contributed by atoms with van der Waals surface area (Å²) in [6, 6.07) is 13.5.